The highest BCUT2D eigenvalue weighted by Crippen LogP contribution is 2.29. The van der Waals surface area contributed by atoms with E-state index in [1.807, 2.05) is 17.0 Å². The standard InChI is InChI=1S/C14H21N3O/c1-4-11-8-7-10(2)17(11)14(18)12-6-5-9-16-13(12)15-3/h5-6,9-11H,4,7-8H2,1-3H3,(H,15,16). The van der Waals surface area contributed by atoms with E-state index in [-0.39, 0.29) is 5.91 Å². The molecule has 18 heavy (non-hydrogen) atoms. The van der Waals surface area contributed by atoms with E-state index in [2.05, 4.69) is 24.1 Å². The summed E-state index contributed by atoms with van der Waals surface area (Å²) in [5.41, 5.74) is 0.673. The quantitative estimate of drug-likeness (QED) is 0.892. The Balaban J connectivity index is 2.30. The highest BCUT2D eigenvalue weighted by atomic mass is 16.2. The van der Waals surface area contributed by atoms with Crippen molar-refractivity contribution in [2.75, 3.05) is 12.4 Å². The van der Waals surface area contributed by atoms with Crippen molar-refractivity contribution in [1.29, 1.82) is 0 Å². The second-order valence-electron chi connectivity index (χ2n) is 4.85. The lowest BCUT2D eigenvalue weighted by Gasteiger charge is -2.28. The van der Waals surface area contributed by atoms with Gasteiger partial charge in [0.2, 0.25) is 0 Å². The molecule has 1 aliphatic rings. The smallest absolute Gasteiger partial charge is 0.258 e. The second kappa shape index (κ2) is 5.38. The summed E-state index contributed by atoms with van der Waals surface area (Å²) in [5.74, 6) is 0.765. The maximum absolute atomic E-state index is 12.7. The Morgan fingerprint density at radius 1 is 1.56 bits per heavy atom. The zero-order valence-electron chi connectivity index (χ0n) is 11.3. The average Bonchev–Trinajstić information content (AvgIpc) is 2.79. The molecular formula is C14H21N3O. The molecule has 2 heterocycles. The van der Waals surface area contributed by atoms with Crippen LogP contribution in [-0.4, -0.2) is 34.9 Å². The van der Waals surface area contributed by atoms with Crippen molar-refractivity contribution in [2.24, 2.45) is 0 Å². The van der Waals surface area contributed by atoms with Gasteiger partial charge < -0.3 is 10.2 Å². The first-order valence-corrected chi connectivity index (χ1v) is 6.64. The molecule has 4 nitrogen and oxygen atoms in total. The number of amides is 1. The minimum Gasteiger partial charge on any atom is -0.372 e. The predicted octanol–water partition coefficient (Wildman–Crippen LogP) is 2.53. The van der Waals surface area contributed by atoms with Gasteiger partial charge in [-0.2, -0.15) is 0 Å². The molecule has 1 fully saturated rings. The van der Waals surface area contributed by atoms with Gasteiger partial charge >= 0.3 is 0 Å². The van der Waals surface area contributed by atoms with Crippen molar-refractivity contribution in [3.8, 4) is 0 Å². The van der Waals surface area contributed by atoms with Crippen LogP contribution in [0.3, 0.4) is 0 Å². The first-order chi connectivity index (χ1) is 8.69. The highest BCUT2D eigenvalue weighted by molar-refractivity contribution is 5.99. The normalized spacial score (nSPS) is 23.2. The molecule has 2 unspecified atom stereocenters. The fourth-order valence-electron chi connectivity index (χ4n) is 2.75. The number of carbonyl (C=O) groups is 1. The van der Waals surface area contributed by atoms with E-state index < -0.39 is 0 Å². The van der Waals surface area contributed by atoms with Crippen LogP contribution < -0.4 is 5.32 Å². The first kappa shape index (κ1) is 12.9. The summed E-state index contributed by atoms with van der Waals surface area (Å²) in [6.45, 7) is 4.27. The summed E-state index contributed by atoms with van der Waals surface area (Å²) >= 11 is 0. The average molecular weight is 247 g/mol. The van der Waals surface area contributed by atoms with E-state index >= 15 is 0 Å². The van der Waals surface area contributed by atoms with Gasteiger partial charge in [-0.3, -0.25) is 4.79 Å². The molecule has 1 amide bonds. The molecule has 0 radical (unpaired) electrons. The van der Waals surface area contributed by atoms with Crippen molar-refractivity contribution >= 4 is 11.7 Å². The molecule has 98 valence electrons. The van der Waals surface area contributed by atoms with Crippen LogP contribution >= 0.6 is 0 Å². The van der Waals surface area contributed by atoms with E-state index in [0.717, 1.165) is 19.3 Å². The number of hydrogen-bond donors (Lipinski definition) is 1. The predicted molar refractivity (Wildman–Crippen MR) is 72.7 cm³/mol. The van der Waals surface area contributed by atoms with Gasteiger partial charge in [-0.25, -0.2) is 4.98 Å². The van der Waals surface area contributed by atoms with Crippen LogP contribution in [0.5, 0.6) is 0 Å². The molecule has 4 heteroatoms. The van der Waals surface area contributed by atoms with Crippen LogP contribution in [0, 0.1) is 0 Å². The second-order valence-corrected chi connectivity index (χ2v) is 4.85. The van der Waals surface area contributed by atoms with Crippen LogP contribution in [0.25, 0.3) is 0 Å². The molecule has 2 rings (SSSR count). The highest BCUT2D eigenvalue weighted by Gasteiger charge is 2.34. The van der Waals surface area contributed by atoms with Gasteiger partial charge in [-0.15, -0.1) is 0 Å². The summed E-state index contributed by atoms with van der Waals surface area (Å²) in [7, 11) is 1.80. The lowest BCUT2D eigenvalue weighted by Crippen LogP contribution is -2.40. The molecule has 2 atom stereocenters. The minimum atomic E-state index is 0.101. The number of rotatable bonds is 3. The minimum absolute atomic E-state index is 0.101. The maximum atomic E-state index is 12.7. The third kappa shape index (κ3) is 2.19. The zero-order valence-corrected chi connectivity index (χ0v) is 11.3. The van der Waals surface area contributed by atoms with Crippen molar-refractivity contribution in [3.63, 3.8) is 0 Å². The van der Waals surface area contributed by atoms with E-state index in [4.69, 9.17) is 0 Å². The Hall–Kier alpha value is -1.58. The van der Waals surface area contributed by atoms with Crippen molar-refractivity contribution < 1.29 is 4.79 Å². The molecule has 1 aromatic rings. The van der Waals surface area contributed by atoms with E-state index in [0.29, 0.717) is 23.5 Å². The first-order valence-electron chi connectivity index (χ1n) is 6.64. The van der Waals surface area contributed by atoms with Gasteiger partial charge in [-0.1, -0.05) is 6.92 Å². The van der Waals surface area contributed by atoms with Crippen molar-refractivity contribution in [2.45, 2.75) is 45.2 Å². The van der Waals surface area contributed by atoms with Gasteiger partial charge in [0.1, 0.15) is 5.82 Å². The summed E-state index contributed by atoms with van der Waals surface area (Å²) in [4.78, 5) is 18.9. The molecule has 1 N–H and O–H groups in total. The van der Waals surface area contributed by atoms with Gasteiger partial charge in [0, 0.05) is 25.3 Å². The lowest BCUT2D eigenvalue weighted by atomic mass is 10.1. The number of aromatic nitrogens is 1. The Morgan fingerprint density at radius 3 is 3.00 bits per heavy atom. The van der Waals surface area contributed by atoms with Crippen molar-refractivity contribution in [3.05, 3.63) is 23.9 Å². The van der Waals surface area contributed by atoms with Gasteiger partial charge in [0.15, 0.2) is 0 Å². The number of likely N-dealkylation sites (tertiary alicyclic amines) is 1. The van der Waals surface area contributed by atoms with Crippen LogP contribution in [0.15, 0.2) is 18.3 Å². The molecule has 1 aliphatic heterocycles. The van der Waals surface area contributed by atoms with Crippen LogP contribution in [0.4, 0.5) is 5.82 Å². The zero-order chi connectivity index (χ0) is 13.1. The number of pyridine rings is 1. The largest absolute Gasteiger partial charge is 0.372 e. The Labute approximate surface area is 108 Å². The molecule has 0 saturated carbocycles. The molecule has 0 bridgehead atoms. The van der Waals surface area contributed by atoms with Gasteiger partial charge in [-0.05, 0) is 38.3 Å². The summed E-state index contributed by atoms with van der Waals surface area (Å²) in [5, 5.41) is 2.99. The number of nitrogens with zero attached hydrogens (tertiary/aromatic N) is 2. The fraction of sp³-hybridized carbons (Fsp3) is 0.571. The third-order valence-electron chi connectivity index (χ3n) is 3.77. The van der Waals surface area contributed by atoms with E-state index in [9.17, 15) is 4.79 Å². The molecule has 0 aliphatic carbocycles. The van der Waals surface area contributed by atoms with Crippen LogP contribution in [-0.2, 0) is 0 Å². The fourth-order valence-corrected chi connectivity index (χ4v) is 2.75. The van der Waals surface area contributed by atoms with E-state index in [1.165, 1.54) is 0 Å². The van der Waals surface area contributed by atoms with E-state index in [1.54, 1.807) is 13.2 Å². The van der Waals surface area contributed by atoms with Crippen molar-refractivity contribution in [1.82, 2.24) is 9.88 Å². The number of hydrogen-bond acceptors (Lipinski definition) is 3. The Kier molecular flexibility index (Phi) is 3.84. The monoisotopic (exact) mass is 247 g/mol. The lowest BCUT2D eigenvalue weighted by molar-refractivity contribution is 0.0677. The number of carbonyl (C=O) groups excluding carboxylic acids is 1. The maximum Gasteiger partial charge on any atom is 0.258 e. The molecule has 1 saturated heterocycles. The van der Waals surface area contributed by atoms with Gasteiger partial charge in [0.05, 0.1) is 5.56 Å². The third-order valence-corrected chi connectivity index (χ3v) is 3.77. The molecule has 0 aromatic carbocycles. The summed E-state index contributed by atoms with van der Waals surface area (Å²) < 4.78 is 0. The van der Waals surface area contributed by atoms with Crippen LogP contribution in [0.2, 0.25) is 0 Å². The number of anilines is 1. The van der Waals surface area contributed by atoms with Gasteiger partial charge in [0.25, 0.3) is 5.91 Å². The summed E-state index contributed by atoms with van der Waals surface area (Å²) in [6.07, 6.45) is 4.93. The molecular weight excluding hydrogens is 226 g/mol. The SMILES string of the molecule is CCC1CCC(C)N1C(=O)c1cccnc1NC. The number of nitrogens with one attached hydrogen (secondary N) is 1. The Bertz CT molecular complexity index is 433. The molecule has 1 aromatic heterocycles. The van der Waals surface area contributed by atoms with Crippen LogP contribution in [0.1, 0.15) is 43.5 Å². The topological polar surface area (TPSA) is 45.2 Å². The molecule has 0 spiro atoms. The summed E-state index contributed by atoms with van der Waals surface area (Å²) in [6, 6.07) is 4.36. The Morgan fingerprint density at radius 2 is 2.33 bits per heavy atom.